The van der Waals surface area contributed by atoms with Gasteiger partial charge in [0, 0.05) is 13.2 Å². The van der Waals surface area contributed by atoms with Gasteiger partial charge in [-0.2, -0.15) is 0 Å². The predicted octanol–water partition coefficient (Wildman–Crippen LogP) is -0.390. The van der Waals surface area contributed by atoms with Crippen LogP contribution in [-0.4, -0.2) is 56.6 Å². The van der Waals surface area contributed by atoms with Crippen LogP contribution in [0, 0.1) is 0 Å². The molecule has 154 valence electrons. The minimum Gasteiger partial charge on any atom is -0.402 e. The number of aromatic nitrogens is 4. The molecule has 0 saturated heterocycles. The molecule has 28 heavy (non-hydrogen) atoms. The predicted molar refractivity (Wildman–Crippen MR) is 105 cm³/mol. The maximum Gasteiger partial charge on any atom is 0.633 e. The second-order valence-electron chi connectivity index (χ2n) is 6.08. The first-order valence-corrected chi connectivity index (χ1v) is 8.86. The van der Waals surface area contributed by atoms with Gasteiger partial charge in [0.2, 0.25) is 5.91 Å². The molecular weight excluding hydrogens is 386 g/mol. The van der Waals surface area contributed by atoms with Crippen molar-refractivity contribution >= 4 is 25.6 Å². The van der Waals surface area contributed by atoms with Crippen LogP contribution in [-0.2, 0) is 22.4 Å². The topological polar surface area (TPSA) is 148 Å². The second-order valence-corrected chi connectivity index (χ2v) is 6.08. The van der Waals surface area contributed by atoms with Crippen LogP contribution in [0.5, 0.6) is 0 Å². The Morgan fingerprint density at radius 2 is 2.04 bits per heavy atom. The number of rotatable bonds is 12. The molecule has 2 rings (SSSR count). The third-order valence-corrected chi connectivity index (χ3v) is 3.94. The molecule has 0 spiro atoms. The highest BCUT2D eigenvalue weighted by atomic mass is 35.5. The van der Waals surface area contributed by atoms with Crippen LogP contribution in [0.25, 0.3) is 0 Å². The molecule has 1 unspecified atom stereocenters. The SMILES string of the molecule is Cl.NC(CCCCOB(O)O)c1nnnn1CC(=O)NCCc1ccccc1. The van der Waals surface area contributed by atoms with Gasteiger partial charge in [0.1, 0.15) is 6.54 Å². The molecule has 0 radical (unpaired) electrons. The zero-order valence-corrected chi connectivity index (χ0v) is 16.3. The number of benzene rings is 1. The summed E-state index contributed by atoms with van der Waals surface area (Å²) in [5.74, 6) is 0.258. The number of unbranched alkanes of at least 4 members (excludes halogenated alkanes) is 1. The molecule has 0 aliphatic rings. The highest BCUT2D eigenvalue weighted by molar-refractivity contribution is 6.32. The van der Waals surface area contributed by atoms with E-state index in [1.165, 1.54) is 4.68 Å². The van der Waals surface area contributed by atoms with Gasteiger partial charge >= 0.3 is 7.32 Å². The van der Waals surface area contributed by atoms with Gasteiger partial charge < -0.3 is 25.8 Å². The van der Waals surface area contributed by atoms with E-state index >= 15 is 0 Å². The summed E-state index contributed by atoms with van der Waals surface area (Å²) in [5, 5.41) is 31.4. The molecule has 1 heterocycles. The van der Waals surface area contributed by atoms with Crippen LogP contribution in [0.3, 0.4) is 0 Å². The van der Waals surface area contributed by atoms with Crippen LogP contribution >= 0.6 is 12.4 Å². The summed E-state index contributed by atoms with van der Waals surface area (Å²) in [4.78, 5) is 12.1. The van der Waals surface area contributed by atoms with Crippen molar-refractivity contribution in [3.8, 4) is 0 Å². The smallest absolute Gasteiger partial charge is 0.402 e. The van der Waals surface area contributed by atoms with Crippen molar-refractivity contribution in [2.24, 2.45) is 5.73 Å². The molecule has 0 fully saturated rings. The maximum absolute atomic E-state index is 12.1. The van der Waals surface area contributed by atoms with Crippen LogP contribution in [0.4, 0.5) is 0 Å². The Hall–Kier alpha value is -2.05. The molecule has 1 atom stereocenters. The van der Waals surface area contributed by atoms with Crippen LogP contribution < -0.4 is 11.1 Å². The number of nitrogens with one attached hydrogen (secondary N) is 1. The standard InChI is InChI=1S/C16H25BN6O4.ClH/c18-14(8-4-5-11-27-17(25)26)16-20-21-22-23(16)12-15(24)19-10-9-13-6-2-1-3-7-13;/h1-3,6-7,14,25-26H,4-5,8-12,18H2,(H,19,24);1H. The summed E-state index contributed by atoms with van der Waals surface area (Å²) >= 11 is 0. The number of tetrazole rings is 1. The van der Waals surface area contributed by atoms with E-state index in [0.717, 1.165) is 12.0 Å². The summed E-state index contributed by atoms with van der Waals surface area (Å²) in [7, 11) is -1.76. The van der Waals surface area contributed by atoms with E-state index in [1.807, 2.05) is 30.3 Å². The van der Waals surface area contributed by atoms with Crippen molar-refractivity contribution in [1.82, 2.24) is 25.5 Å². The van der Waals surface area contributed by atoms with Gasteiger partial charge in [0.25, 0.3) is 0 Å². The highest BCUT2D eigenvalue weighted by Gasteiger charge is 2.17. The van der Waals surface area contributed by atoms with Crippen molar-refractivity contribution in [1.29, 1.82) is 0 Å². The number of amides is 1. The van der Waals surface area contributed by atoms with Crippen LogP contribution in [0.15, 0.2) is 30.3 Å². The number of nitrogens with zero attached hydrogens (tertiary/aromatic N) is 4. The fourth-order valence-electron chi connectivity index (χ4n) is 2.56. The third kappa shape index (κ3) is 8.76. The summed E-state index contributed by atoms with van der Waals surface area (Å²) in [6.07, 6.45) is 2.65. The van der Waals surface area contributed by atoms with E-state index < -0.39 is 13.4 Å². The quantitative estimate of drug-likeness (QED) is 0.272. The summed E-state index contributed by atoms with van der Waals surface area (Å²) < 4.78 is 6.03. The van der Waals surface area contributed by atoms with Gasteiger partial charge in [0.05, 0.1) is 6.04 Å². The average molecular weight is 413 g/mol. The normalized spacial score (nSPS) is 11.5. The van der Waals surface area contributed by atoms with Crippen LogP contribution in [0.1, 0.15) is 36.7 Å². The molecule has 5 N–H and O–H groups in total. The monoisotopic (exact) mass is 412 g/mol. The molecule has 0 aliphatic heterocycles. The van der Waals surface area contributed by atoms with Gasteiger partial charge in [0.15, 0.2) is 5.82 Å². The molecule has 0 saturated carbocycles. The minimum atomic E-state index is -1.76. The fourth-order valence-corrected chi connectivity index (χ4v) is 2.56. The number of carbonyl (C=O) groups is 1. The Balaban J connectivity index is 0.00000392. The van der Waals surface area contributed by atoms with Crippen LogP contribution in [0.2, 0.25) is 0 Å². The Labute approximate surface area is 170 Å². The van der Waals surface area contributed by atoms with Gasteiger partial charge in [-0.15, -0.1) is 17.5 Å². The first-order valence-electron chi connectivity index (χ1n) is 8.86. The molecular formula is C16H26BClN6O4. The summed E-state index contributed by atoms with van der Waals surface area (Å²) in [5.41, 5.74) is 7.25. The molecule has 1 aromatic carbocycles. The molecule has 2 aromatic rings. The second kappa shape index (κ2) is 13.2. The van der Waals surface area contributed by atoms with E-state index in [-0.39, 0.29) is 31.5 Å². The molecule has 1 aromatic heterocycles. The largest absolute Gasteiger partial charge is 0.633 e. The first-order chi connectivity index (χ1) is 13.1. The van der Waals surface area contributed by atoms with Crippen molar-refractivity contribution in [2.45, 2.75) is 38.3 Å². The molecule has 10 nitrogen and oxygen atoms in total. The summed E-state index contributed by atoms with van der Waals surface area (Å²) in [6.45, 7) is 0.757. The van der Waals surface area contributed by atoms with E-state index in [0.29, 0.717) is 31.6 Å². The van der Waals surface area contributed by atoms with Gasteiger partial charge in [-0.25, -0.2) is 4.68 Å². The molecule has 0 bridgehead atoms. The fraction of sp³-hybridized carbons (Fsp3) is 0.500. The lowest BCUT2D eigenvalue weighted by atomic mass is 10.1. The van der Waals surface area contributed by atoms with E-state index in [2.05, 4.69) is 25.5 Å². The zero-order chi connectivity index (χ0) is 19.5. The van der Waals surface area contributed by atoms with Gasteiger partial charge in [-0.3, -0.25) is 4.79 Å². The molecule has 12 heteroatoms. The average Bonchev–Trinajstić information content (AvgIpc) is 3.10. The van der Waals surface area contributed by atoms with E-state index in [1.54, 1.807) is 0 Å². The Morgan fingerprint density at radius 3 is 2.75 bits per heavy atom. The number of hydrogen-bond donors (Lipinski definition) is 4. The molecule has 1 amide bonds. The Morgan fingerprint density at radius 1 is 1.29 bits per heavy atom. The summed E-state index contributed by atoms with van der Waals surface area (Å²) in [6, 6.07) is 9.48. The van der Waals surface area contributed by atoms with E-state index in [4.69, 9.17) is 15.8 Å². The van der Waals surface area contributed by atoms with Gasteiger partial charge in [-0.05, 0) is 41.7 Å². The first kappa shape index (κ1) is 24.0. The third-order valence-electron chi connectivity index (χ3n) is 3.94. The van der Waals surface area contributed by atoms with E-state index in [9.17, 15) is 4.79 Å². The Bertz CT molecular complexity index is 691. The van der Waals surface area contributed by atoms with Crippen molar-refractivity contribution in [2.75, 3.05) is 13.2 Å². The number of nitrogens with two attached hydrogens (primary N) is 1. The highest BCUT2D eigenvalue weighted by Crippen LogP contribution is 2.13. The number of hydrogen-bond acceptors (Lipinski definition) is 8. The molecule has 0 aliphatic carbocycles. The minimum absolute atomic E-state index is 0. The van der Waals surface area contributed by atoms with Crippen molar-refractivity contribution in [3.63, 3.8) is 0 Å². The van der Waals surface area contributed by atoms with Crippen molar-refractivity contribution < 1.29 is 19.5 Å². The number of carbonyl (C=O) groups excluding carboxylic acids is 1. The zero-order valence-electron chi connectivity index (χ0n) is 15.5. The lowest BCUT2D eigenvalue weighted by molar-refractivity contribution is -0.121. The number of halogens is 1. The van der Waals surface area contributed by atoms with Gasteiger partial charge in [-0.1, -0.05) is 30.3 Å². The Kier molecular flexibility index (Phi) is 11.3. The lowest BCUT2D eigenvalue weighted by Crippen LogP contribution is -2.31. The van der Waals surface area contributed by atoms with Crippen molar-refractivity contribution in [3.05, 3.63) is 41.7 Å². The lowest BCUT2D eigenvalue weighted by Gasteiger charge is -2.12. The maximum atomic E-state index is 12.1.